The van der Waals surface area contributed by atoms with Gasteiger partial charge in [-0.1, -0.05) is 17.7 Å². The molecule has 2 aliphatic rings. The fraction of sp³-hybridized carbons (Fsp3) is 0.684. The first-order chi connectivity index (χ1) is 15.2. The van der Waals surface area contributed by atoms with Crippen molar-refractivity contribution in [3.63, 3.8) is 0 Å². The van der Waals surface area contributed by atoms with E-state index in [0.29, 0.717) is 16.3 Å². The Morgan fingerprint density at radius 2 is 1.23 bits per heavy atom. The molecule has 2 aliphatic heterocycles. The maximum absolute atomic E-state index is 10.6. The van der Waals surface area contributed by atoms with Crippen LogP contribution in [-0.2, 0) is 25.6 Å². The third-order valence-corrected chi connectivity index (χ3v) is 5.78. The fourth-order valence-electron chi connectivity index (χ4n) is 3.55. The van der Waals surface area contributed by atoms with E-state index in [1.807, 2.05) is 0 Å². The molecule has 0 amide bonds. The molecule has 9 N–H and O–H groups in total. The number of aliphatic hydroxyl groups excluding tert-OH is 7. The van der Waals surface area contributed by atoms with Crippen molar-refractivity contribution < 1.29 is 363 Å². The van der Waals surface area contributed by atoms with Crippen LogP contribution in [0.2, 0.25) is 5.02 Å². The van der Waals surface area contributed by atoms with Gasteiger partial charge in [-0.25, -0.2) is 0 Å². The van der Waals surface area contributed by atoms with Crippen LogP contribution in [-0.4, -0.2) is 110 Å². The molecule has 2 fully saturated rings. The van der Waals surface area contributed by atoms with Crippen LogP contribution in [0, 0.1) is 308 Å². The fourth-order valence-corrected chi connectivity index (χ4v) is 3.67. The molecule has 0 spiro atoms. The van der Waals surface area contributed by atoms with Crippen molar-refractivity contribution in [3.8, 4) is 0 Å². The molecule has 1 aromatic carbocycles. The Morgan fingerprint density at radius 1 is 0.718 bits per heavy atom. The van der Waals surface area contributed by atoms with E-state index in [0.717, 1.165) is 0 Å². The second-order valence-electron chi connectivity index (χ2n) is 7.67. The van der Waals surface area contributed by atoms with E-state index >= 15 is 0 Å². The van der Waals surface area contributed by atoms with Gasteiger partial charge in [-0.2, -0.15) is 0 Å². The zero-order chi connectivity index (χ0) is 23.6. The van der Waals surface area contributed by atoms with Crippen LogP contribution in [0.3, 0.4) is 0 Å². The van der Waals surface area contributed by atoms with Crippen LogP contribution in [0.4, 0.5) is 5.69 Å². The summed E-state index contributed by atoms with van der Waals surface area (Å²) >= 11 is 5.87. The van der Waals surface area contributed by atoms with Gasteiger partial charge in [-0.15, -0.1) is 0 Å². The Labute approximate surface area is 482 Å². The monoisotopic (exact) mass is 2070 g/mol. The Morgan fingerprint density at radius 3 is 1.74 bits per heavy atom. The van der Waals surface area contributed by atoms with Crippen molar-refractivity contribution in [1.29, 1.82) is 0 Å². The van der Waals surface area contributed by atoms with Gasteiger partial charge in [-0.3, -0.25) is 0 Å². The molecule has 0 aromatic heterocycles. The van der Waals surface area contributed by atoms with E-state index in [-0.39, 0.29) is 315 Å². The molecule has 1 aromatic rings. The maximum Gasteiger partial charge on any atom is 0.187 e. The van der Waals surface area contributed by atoms with E-state index in [2.05, 4.69) is 0 Å². The third-order valence-electron chi connectivity index (χ3n) is 5.44. The molecule has 3 rings (SSSR count). The second kappa shape index (κ2) is 29.5. The van der Waals surface area contributed by atoms with Gasteiger partial charge in [0.2, 0.25) is 0 Å². The molecular formula is C19H28Ac7ClNO11. The quantitative estimate of drug-likeness (QED) is 0.130. The summed E-state index contributed by atoms with van der Waals surface area (Å²) in [5.74, 6) is 0. The smallest absolute Gasteiger partial charge is 0.187 e. The minimum absolute atomic E-state index is 0. The number of hydrogen-bond donors (Lipinski definition) is 8. The van der Waals surface area contributed by atoms with Crippen LogP contribution < -0.4 is 5.73 Å². The number of ether oxygens (including phenoxy) is 4. The molecule has 0 bridgehead atoms. The van der Waals surface area contributed by atoms with Crippen LogP contribution in [0.15, 0.2) is 18.2 Å². The number of nitrogens with two attached hydrogens (primary N) is 1. The SMILES string of the molecule is Nc1cc(COC2OC(CO)C(OC3OC(CO)C(O)C(O)C3O)C(O)C2O)ccc1Cl.[Ac].[Ac].[Ac].[Ac].[Ac].[Ac].[Ac]. The summed E-state index contributed by atoms with van der Waals surface area (Å²) in [6.45, 7) is -1.38. The summed E-state index contributed by atoms with van der Waals surface area (Å²) < 4.78 is 21.8. The molecule has 2 saturated heterocycles. The van der Waals surface area contributed by atoms with Crippen LogP contribution in [0.25, 0.3) is 0 Å². The van der Waals surface area contributed by atoms with Gasteiger partial charge in [0.15, 0.2) is 12.6 Å². The summed E-state index contributed by atoms with van der Waals surface area (Å²) in [6.07, 6.45) is -15.1. The number of benzene rings is 1. The minimum Gasteiger partial charge on any atom is -0.398 e. The van der Waals surface area contributed by atoms with Gasteiger partial charge in [0.05, 0.1) is 30.5 Å². The van der Waals surface area contributed by atoms with Gasteiger partial charge >= 0.3 is 0 Å². The van der Waals surface area contributed by atoms with Crippen molar-refractivity contribution in [2.75, 3.05) is 18.9 Å². The average molecular weight is 2070 g/mol. The molecule has 12 nitrogen and oxygen atoms in total. The first-order valence-electron chi connectivity index (χ1n) is 9.91. The molecular weight excluding hydrogens is 2040 g/mol. The molecule has 39 heavy (non-hydrogen) atoms. The van der Waals surface area contributed by atoms with Crippen LogP contribution >= 0.6 is 11.6 Å². The molecule has 10 atom stereocenters. The summed E-state index contributed by atoms with van der Waals surface area (Å²) in [7, 11) is 0. The first-order valence-corrected chi connectivity index (χ1v) is 10.3. The van der Waals surface area contributed by atoms with Gasteiger partial charge in [0.1, 0.15) is 48.8 Å². The van der Waals surface area contributed by atoms with Crippen molar-refractivity contribution in [2.45, 2.75) is 68.0 Å². The van der Waals surface area contributed by atoms with Gasteiger partial charge in [-0.05, 0) is 17.7 Å². The van der Waals surface area contributed by atoms with E-state index in [4.69, 9.17) is 36.3 Å². The van der Waals surface area contributed by atoms with Crippen LogP contribution in [0.1, 0.15) is 5.56 Å². The van der Waals surface area contributed by atoms with Crippen molar-refractivity contribution >= 4 is 17.3 Å². The Balaban J connectivity index is -0.000000550. The summed E-state index contributed by atoms with van der Waals surface area (Å²) in [6, 6.07) is 4.80. The number of halogens is 1. The maximum atomic E-state index is 10.6. The van der Waals surface area contributed by atoms with E-state index in [9.17, 15) is 35.7 Å². The van der Waals surface area contributed by atoms with E-state index < -0.39 is 74.6 Å². The molecule has 0 aliphatic carbocycles. The zero-order valence-electron chi connectivity index (χ0n) is 20.9. The topological polar surface area (TPSA) is 205 Å². The summed E-state index contributed by atoms with van der Waals surface area (Å²) in [5, 5.41) is 70.2. The second-order valence-corrected chi connectivity index (χ2v) is 8.08. The van der Waals surface area contributed by atoms with E-state index in [1.165, 1.54) is 0 Å². The number of rotatable bonds is 7. The number of hydrogen-bond acceptors (Lipinski definition) is 12. The average Bonchev–Trinajstić information content (AvgIpc) is 2.78. The summed E-state index contributed by atoms with van der Waals surface area (Å²) in [5.41, 5.74) is 6.69. The molecule has 0 saturated carbocycles. The van der Waals surface area contributed by atoms with Crippen molar-refractivity contribution in [2.24, 2.45) is 0 Å². The van der Waals surface area contributed by atoms with E-state index in [1.54, 1.807) is 18.2 Å². The van der Waals surface area contributed by atoms with Gasteiger partial charge in [0.25, 0.3) is 0 Å². The predicted octanol–water partition coefficient (Wildman–Crippen LogP) is -2.94. The largest absolute Gasteiger partial charge is 0.398 e. The number of aliphatic hydroxyl groups is 7. The van der Waals surface area contributed by atoms with Gasteiger partial charge in [0, 0.05) is 308 Å². The number of nitrogen functional groups attached to an aromatic ring is 1. The number of anilines is 1. The third kappa shape index (κ3) is 16.9. The molecule has 20 heteroatoms. The molecule has 7 radical (unpaired) electrons. The first kappa shape index (κ1) is 57.3. The van der Waals surface area contributed by atoms with Crippen LogP contribution in [0.5, 0.6) is 0 Å². The Bertz CT molecular complexity index is 780. The minimum atomic E-state index is -1.74. The molecule has 10 unspecified atom stereocenters. The Hall–Kier alpha value is 8.96. The summed E-state index contributed by atoms with van der Waals surface area (Å²) in [4.78, 5) is 0. The normalized spacial score (nSPS) is 33.1. The zero-order valence-corrected chi connectivity index (χ0v) is 54.9. The van der Waals surface area contributed by atoms with Crippen molar-refractivity contribution in [3.05, 3.63) is 28.8 Å². The molecule has 2 heterocycles. The molecule has 203 valence electrons. The van der Waals surface area contributed by atoms with Crippen molar-refractivity contribution in [1.82, 2.24) is 0 Å². The van der Waals surface area contributed by atoms with Gasteiger partial charge < -0.3 is 60.4 Å². The standard InChI is InChI=1S/C19H28ClNO11.7Ac/c20-8-2-1-7(3-9(8)21)6-29-18-16(28)14(26)17(11(5-23)31-18)32-19-15(27)13(25)12(24)10(4-22)30-19;;;;;;;/h1-3,10-19,22-28H,4-6,21H2;;;;;;;. The Kier molecular flexibility index (Phi) is 43.4. The predicted molar refractivity (Wildman–Crippen MR) is 107 cm³/mol.